The molecular formula is C15H22N2O2. The molecule has 0 radical (unpaired) electrons. The molecule has 0 spiro atoms. The van der Waals surface area contributed by atoms with Gasteiger partial charge in [-0.3, -0.25) is 9.69 Å². The molecule has 1 N–H and O–H groups in total. The van der Waals surface area contributed by atoms with E-state index in [9.17, 15) is 4.79 Å². The minimum Gasteiger partial charge on any atom is -0.480 e. The number of hydrogen-bond acceptors (Lipinski definition) is 3. The Labute approximate surface area is 114 Å². The van der Waals surface area contributed by atoms with Gasteiger partial charge >= 0.3 is 5.97 Å². The molecule has 0 aromatic heterocycles. The highest BCUT2D eigenvalue weighted by Gasteiger charge is 2.21. The van der Waals surface area contributed by atoms with Crippen molar-refractivity contribution in [3.8, 4) is 0 Å². The maximum absolute atomic E-state index is 11.1. The number of nitrogens with zero attached hydrogens (tertiary/aromatic N) is 2. The van der Waals surface area contributed by atoms with Crippen molar-refractivity contribution >= 4 is 11.7 Å². The van der Waals surface area contributed by atoms with Crippen molar-refractivity contribution in [1.29, 1.82) is 0 Å². The van der Waals surface area contributed by atoms with Crippen molar-refractivity contribution in [1.82, 2.24) is 4.90 Å². The second-order valence-corrected chi connectivity index (χ2v) is 5.31. The lowest BCUT2D eigenvalue weighted by molar-refractivity contribution is -0.143. The van der Waals surface area contributed by atoms with Crippen LogP contribution in [0.4, 0.5) is 5.69 Å². The summed E-state index contributed by atoms with van der Waals surface area (Å²) in [5.41, 5.74) is 3.87. The summed E-state index contributed by atoms with van der Waals surface area (Å²) in [6.07, 6.45) is 1.71. The van der Waals surface area contributed by atoms with Gasteiger partial charge in [-0.05, 0) is 37.1 Å². The van der Waals surface area contributed by atoms with Crippen LogP contribution in [0.5, 0.6) is 0 Å². The number of fused-ring (bicyclic) bond motifs is 1. The van der Waals surface area contributed by atoms with E-state index in [1.807, 2.05) is 18.9 Å². The summed E-state index contributed by atoms with van der Waals surface area (Å²) >= 11 is 0. The van der Waals surface area contributed by atoms with Gasteiger partial charge in [-0.1, -0.05) is 19.1 Å². The first kappa shape index (κ1) is 13.9. The predicted molar refractivity (Wildman–Crippen MR) is 76.6 cm³/mol. The number of anilines is 1. The number of carbonyl (C=O) groups is 1. The number of carboxylic acids is 1. The van der Waals surface area contributed by atoms with Crippen LogP contribution < -0.4 is 4.90 Å². The van der Waals surface area contributed by atoms with E-state index in [1.165, 1.54) is 16.8 Å². The molecule has 1 heterocycles. The first-order chi connectivity index (χ1) is 9.02. The Bertz CT molecular complexity index is 473. The molecule has 1 atom stereocenters. The molecule has 0 bridgehead atoms. The van der Waals surface area contributed by atoms with Gasteiger partial charge in [0.2, 0.25) is 0 Å². The fourth-order valence-corrected chi connectivity index (χ4v) is 2.79. The number of carboxylic acid groups (broad SMARTS) is 1. The SMILES string of the molecule is CCC(C(=O)O)N(C)Cc1ccc2c(c1)CCN2C. The summed E-state index contributed by atoms with van der Waals surface area (Å²) in [5.74, 6) is -0.745. The molecule has 1 aromatic rings. The van der Waals surface area contributed by atoms with Gasteiger partial charge in [-0.15, -0.1) is 0 Å². The third-order valence-corrected chi connectivity index (χ3v) is 3.91. The molecule has 2 rings (SSSR count). The second-order valence-electron chi connectivity index (χ2n) is 5.31. The van der Waals surface area contributed by atoms with E-state index in [1.54, 1.807) is 0 Å². The molecule has 0 aliphatic carbocycles. The van der Waals surface area contributed by atoms with Crippen LogP contribution in [0, 0.1) is 0 Å². The average molecular weight is 262 g/mol. The van der Waals surface area contributed by atoms with E-state index >= 15 is 0 Å². The van der Waals surface area contributed by atoms with E-state index < -0.39 is 12.0 Å². The molecule has 4 heteroatoms. The van der Waals surface area contributed by atoms with Gasteiger partial charge in [0.05, 0.1) is 0 Å². The fourth-order valence-electron chi connectivity index (χ4n) is 2.79. The van der Waals surface area contributed by atoms with Crippen molar-refractivity contribution in [2.24, 2.45) is 0 Å². The zero-order chi connectivity index (χ0) is 14.0. The monoisotopic (exact) mass is 262 g/mol. The molecule has 1 aromatic carbocycles. The van der Waals surface area contributed by atoms with E-state index in [4.69, 9.17) is 5.11 Å². The molecule has 104 valence electrons. The summed E-state index contributed by atoms with van der Waals surface area (Å²) < 4.78 is 0. The van der Waals surface area contributed by atoms with Crippen LogP contribution in [0.3, 0.4) is 0 Å². The summed E-state index contributed by atoms with van der Waals surface area (Å²) in [4.78, 5) is 15.3. The summed E-state index contributed by atoms with van der Waals surface area (Å²) in [6.45, 7) is 3.66. The van der Waals surface area contributed by atoms with Gasteiger partial charge in [0.15, 0.2) is 0 Å². The summed E-state index contributed by atoms with van der Waals surface area (Å²) in [6, 6.07) is 6.05. The van der Waals surface area contributed by atoms with Crippen LogP contribution in [-0.2, 0) is 17.8 Å². The molecule has 1 aliphatic heterocycles. The first-order valence-corrected chi connectivity index (χ1v) is 6.79. The van der Waals surface area contributed by atoms with E-state index in [0.717, 1.165) is 13.0 Å². The lowest BCUT2D eigenvalue weighted by atomic mass is 10.1. The van der Waals surface area contributed by atoms with Crippen molar-refractivity contribution in [3.63, 3.8) is 0 Å². The first-order valence-electron chi connectivity index (χ1n) is 6.79. The lowest BCUT2D eigenvalue weighted by Crippen LogP contribution is -2.37. The van der Waals surface area contributed by atoms with Crippen molar-refractivity contribution in [2.75, 3.05) is 25.5 Å². The topological polar surface area (TPSA) is 43.8 Å². The molecular weight excluding hydrogens is 240 g/mol. The minimum absolute atomic E-state index is 0.407. The Morgan fingerprint density at radius 2 is 2.26 bits per heavy atom. The molecule has 0 saturated heterocycles. The van der Waals surface area contributed by atoms with Crippen molar-refractivity contribution in [2.45, 2.75) is 32.4 Å². The van der Waals surface area contributed by atoms with Crippen LogP contribution in [0.25, 0.3) is 0 Å². The number of aliphatic carboxylic acids is 1. The van der Waals surface area contributed by atoms with Gasteiger partial charge in [-0.25, -0.2) is 0 Å². The van der Waals surface area contributed by atoms with Gasteiger partial charge in [0.1, 0.15) is 6.04 Å². The fraction of sp³-hybridized carbons (Fsp3) is 0.533. The summed E-state index contributed by atoms with van der Waals surface area (Å²) in [7, 11) is 3.98. The Hall–Kier alpha value is -1.55. The Morgan fingerprint density at radius 1 is 1.53 bits per heavy atom. The highest BCUT2D eigenvalue weighted by atomic mass is 16.4. The smallest absolute Gasteiger partial charge is 0.320 e. The number of rotatable bonds is 5. The van der Waals surface area contributed by atoms with Crippen molar-refractivity contribution in [3.05, 3.63) is 29.3 Å². The van der Waals surface area contributed by atoms with Crippen molar-refractivity contribution < 1.29 is 9.90 Å². The average Bonchev–Trinajstić information content (AvgIpc) is 2.71. The zero-order valence-electron chi connectivity index (χ0n) is 11.9. The largest absolute Gasteiger partial charge is 0.480 e. The zero-order valence-corrected chi connectivity index (χ0v) is 11.9. The molecule has 0 saturated carbocycles. The predicted octanol–water partition coefficient (Wildman–Crippen LogP) is 1.97. The van der Waals surface area contributed by atoms with Gasteiger partial charge in [0.25, 0.3) is 0 Å². The summed E-state index contributed by atoms with van der Waals surface area (Å²) in [5, 5.41) is 9.16. The molecule has 0 fully saturated rings. The van der Waals surface area contributed by atoms with Crippen LogP contribution in [0.2, 0.25) is 0 Å². The van der Waals surface area contributed by atoms with Gasteiger partial charge < -0.3 is 10.0 Å². The third-order valence-electron chi connectivity index (χ3n) is 3.91. The number of likely N-dealkylation sites (N-methyl/N-ethyl adjacent to an activating group) is 2. The second kappa shape index (κ2) is 5.61. The molecule has 1 aliphatic rings. The standard InChI is InChI=1S/C15H22N2O2/c1-4-13(15(18)19)17(3)10-11-5-6-14-12(9-11)7-8-16(14)2/h5-6,9,13H,4,7-8,10H2,1-3H3,(H,18,19). The molecule has 4 nitrogen and oxygen atoms in total. The number of benzene rings is 1. The number of hydrogen-bond donors (Lipinski definition) is 1. The van der Waals surface area contributed by atoms with E-state index in [2.05, 4.69) is 30.1 Å². The Kier molecular flexibility index (Phi) is 4.10. The van der Waals surface area contributed by atoms with E-state index in [0.29, 0.717) is 13.0 Å². The van der Waals surface area contributed by atoms with Crippen LogP contribution in [-0.4, -0.2) is 42.7 Å². The molecule has 1 unspecified atom stereocenters. The van der Waals surface area contributed by atoms with Gasteiger partial charge in [0, 0.05) is 25.8 Å². The normalized spacial score (nSPS) is 15.7. The third kappa shape index (κ3) is 2.89. The maximum Gasteiger partial charge on any atom is 0.320 e. The van der Waals surface area contributed by atoms with Crippen LogP contribution >= 0.6 is 0 Å². The maximum atomic E-state index is 11.1. The lowest BCUT2D eigenvalue weighted by Gasteiger charge is -2.23. The highest BCUT2D eigenvalue weighted by molar-refractivity contribution is 5.73. The molecule has 19 heavy (non-hydrogen) atoms. The van der Waals surface area contributed by atoms with Crippen LogP contribution in [0.15, 0.2) is 18.2 Å². The minimum atomic E-state index is -0.745. The Balaban J connectivity index is 2.10. The van der Waals surface area contributed by atoms with E-state index in [-0.39, 0.29) is 0 Å². The highest BCUT2D eigenvalue weighted by Crippen LogP contribution is 2.27. The molecule has 0 amide bonds. The quantitative estimate of drug-likeness (QED) is 0.881. The Morgan fingerprint density at radius 3 is 2.89 bits per heavy atom. The van der Waals surface area contributed by atoms with Crippen LogP contribution in [0.1, 0.15) is 24.5 Å². The van der Waals surface area contributed by atoms with Gasteiger partial charge in [-0.2, -0.15) is 0 Å².